The van der Waals surface area contributed by atoms with Gasteiger partial charge in [-0.3, -0.25) is 0 Å². The van der Waals surface area contributed by atoms with Crippen LogP contribution in [0.25, 0.3) is 0 Å². The average Bonchev–Trinajstić information content (AvgIpc) is 2.53. The van der Waals surface area contributed by atoms with Gasteiger partial charge in [-0.2, -0.15) is 0 Å². The Morgan fingerprint density at radius 2 is 2.14 bits per heavy atom. The van der Waals surface area contributed by atoms with Crippen LogP contribution in [0.3, 0.4) is 0 Å². The second kappa shape index (κ2) is 6.10. The van der Waals surface area contributed by atoms with E-state index in [0.717, 1.165) is 25.0 Å². The number of hydrogen-bond donors (Lipinski definition) is 1. The summed E-state index contributed by atoms with van der Waals surface area (Å²) in [6, 6.07) is 13.2. The van der Waals surface area contributed by atoms with E-state index >= 15 is 0 Å². The first-order chi connectivity index (χ1) is 10.2. The topological polar surface area (TPSA) is 21.3 Å². The summed E-state index contributed by atoms with van der Waals surface area (Å²) in [4.78, 5) is 0. The molecule has 1 aliphatic heterocycles. The van der Waals surface area contributed by atoms with Gasteiger partial charge in [0.25, 0.3) is 0 Å². The highest BCUT2D eigenvalue weighted by Gasteiger charge is 2.21. The maximum atomic E-state index is 5.34. The van der Waals surface area contributed by atoms with Gasteiger partial charge >= 0.3 is 0 Å². The Morgan fingerprint density at radius 1 is 1.29 bits per heavy atom. The van der Waals surface area contributed by atoms with Crippen LogP contribution in [0.2, 0.25) is 0 Å². The molecule has 1 aliphatic rings. The molecule has 0 aliphatic carbocycles. The number of fused-ring (bicyclic) bond motifs is 1. The van der Waals surface area contributed by atoms with Crippen LogP contribution in [0.1, 0.15) is 36.1 Å². The number of nitrogens with one attached hydrogen (secondary N) is 1. The third-order valence-electron chi connectivity index (χ3n) is 4.16. The minimum atomic E-state index is 0.360. The first-order valence-corrected chi connectivity index (χ1v) is 8.22. The summed E-state index contributed by atoms with van der Waals surface area (Å²) in [5, 5.41) is 3.73. The normalized spacial score (nSPS) is 17.0. The summed E-state index contributed by atoms with van der Waals surface area (Å²) in [6.45, 7) is 2.21. The minimum Gasteiger partial charge on any atom is -0.497 e. The van der Waals surface area contributed by atoms with E-state index in [1.54, 1.807) is 7.11 Å². The Labute approximate surface area is 134 Å². The quantitative estimate of drug-likeness (QED) is 0.833. The first kappa shape index (κ1) is 14.5. The number of hydrogen-bond acceptors (Lipinski definition) is 2. The fourth-order valence-electron chi connectivity index (χ4n) is 3.04. The maximum Gasteiger partial charge on any atom is 0.119 e. The van der Waals surface area contributed by atoms with Gasteiger partial charge in [-0.15, -0.1) is 0 Å². The van der Waals surface area contributed by atoms with Crippen molar-refractivity contribution >= 4 is 21.6 Å². The van der Waals surface area contributed by atoms with E-state index in [2.05, 4.69) is 58.5 Å². The van der Waals surface area contributed by atoms with Gasteiger partial charge in [-0.25, -0.2) is 0 Å². The third kappa shape index (κ3) is 2.93. The van der Waals surface area contributed by atoms with Gasteiger partial charge < -0.3 is 10.1 Å². The standard InChI is InChI=1S/C18H20BrNO/c1-3-12-9-15(19)10-14-7-8-17(20-18(12)14)13-5-4-6-16(11-13)21-2/h4-6,9-11,17,20H,3,7-8H2,1-2H3. The molecule has 0 fully saturated rings. The lowest BCUT2D eigenvalue weighted by molar-refractivity contribution is 0.414. The smallest absolute Gasteiger partial charge is 0.119 e. The number of halogens is 1. The summed E-state index contributed by atoms with van der Waals surface area (Å²) in [5.41, 5.74) is 5.41. The Hall–Kier alpha value is -1.48. The molecule has 0 radical (unpaired) electrons. The maximum absolute atomic E-state index is 5.34. The Kier molecular flexibility index (Phi) is 4.20. The lowest BCUT2D eigenvalue weighted by Gasteiger charge is -2.29. The van der Waals surface area contributed by atoms with Crippen LogP contribution in [0.5, 0.6) is 5.75 Å². The van der Waals surface area contributed by atoms with Crippen LogP contribution in [-0.2, 0) is 12.8 Å². The Bertz CT molecular complexity index is 636. The second-order valence-corrected chi connectivity index (χ2v) is 6.38. The van der Waals surface area contributed by atoms with E-state index in [1.807, 2.05) is 6.07 Å². The van der Waals surface area contributed by atoms with Gasteiger partial charge in [0.2, 0.25) is 0 Å². The van der Waals surface area contributed by atoms with Crippen molar-refractivity contribution in [3.8, 4) is 5.75 Å². The molecular formula is C18H20BrNO. The molecule has 3 heteroatoms. The van der Waals surface area contributed by atoms with Crippen molar-refractivity contribution in [2.75, 3.05) is 12.4 Å². The Balaban J connectivity index is 1.93. The van der Waals surface area contributed by atoms with Crippen LogP contribution in [0, 0.1) is 0 Å². The molecule has 110 valence electrons. The van der Waals surface area contributed by atoms with Crippen LogP contribution in [0.15, 0.2) is 40.9 Å². The van der Waals surface area contributed by atoms with E-state index in [9.17, 15) is 0 Å². The molecule has 1 unspecified atom stereocenters. The molecule has 21 heavy (non-hydrogen) atoms. The van der Waals surface area contributed by atoms with Crippen LogP contribution >= 0.6 is 15.9 Å². The lowest BCUT2D eigenvalue weighted by atomic mass is 9.91. The molecule has 3 rings (SSSR count). The predicted molar refractivity (Wildman–Crippen MR) is 91.2 cm³/mol. The van der Waals surface area contributed by atoms with Gasteiger partial charge in [0, 0.05) is 10.2 Å². The second-order valence-electron chi connectivity index (χ2n) is 5.46. The first-order valence-electron chi connectivity index (χ1n) is 7.43. The fraction of sp³-hybridized carbons (Fsp3) is 0.333. The minimum absolute atomic E-state index is 0.360. The van der Waals surface area contributed by atoms with Gasteiger partial charge in [-0.05, 0) is 60.2 Å². The number of methoxy groups -OCH3 is 1. The van der Waals surface area contributed by atoms with Crippen LogP contribution in [-0.4, -0.2) is 7.11 Å². The highest BCUT2D eigenvalue weighted by atomic mass is 79.9. The average molecular weight is 346 g/mol. The molecule has 0 amide bonds. The summed E-state index contributed by atoms with van der Waals surface area (Å²) in [5.74, 6) is 0.923. The van der Waals surface area contributed by atoms with Gasteiger partial charge in [-0.1, -0.05) is 35.0 Å². The highest BCUT2D eigenvalue weighted by molar-refractivity contribution is 9.10. The van der Waals surface area contributed by atoms with E-state index in [1.165, 1.54) is 26.9 Å². The van der Waals surface area contributed by atoms with E-state index in [0.29, 0.717) is 6.04 Å². The van der Waals surface area contributed by atoms with Crippen LogP contribution < -0.4 is 10.1 Å². The molecule has 0 bridgehead atoms. The van der Waals surface area contributed by atoms with Gasteiger partial charge in [0.1, 0.15) is 5.75 Å². The molecule has 2 aromatic carbocycles. The van der Waals surface area contributed by atoms with Gasteiger partial charge in [0.05, 0.1) is 13.2 Å². The zero-order valence-electron chi connectivity index (χ0n) is 12.4. The van der Waals surface area contributed by atoms with Crippen molar-refractivity contribution < 1.29 is 4.74 Å². The number of ether oxygens (including phenoxy) is 1. The highest BCUT2D eigenvalue weighted by Crippen LogP contribution is 2.37. The number of aryl methyl sites for hydroxylation is 2. The summed E-state index contributed by atoms with van der Waals surface area (Å²) in [7, 11) is 1.72. The molecule has 1 atom stereocenters. The molecule has 1 heterocycles. The number of benzene rings is 2. The number of rotatable bonds is 3. The van der Waals surface area contributed by atoms with Crippen molar-refractivity contribution in [1.82, 2.24) is 0 Å². The molecule has 1 N–H and O–H groups in total. The number of anilines is 1. The summed E-state index contributed by atoms with van der Waals surface area (Å²) in [6.07, 6.45) is 3.26. The predicted octanol–water partition coefficient (Wildman–Crippen LogP) is 5.12. The molecule has 0 aromatic heterocycles. The van der Waals surface area contributed by atoms with Crippen LogP contribution in [0.4, 0.5) is 5.69 Å². The zero-order chi connectivity index (χ0) is 14.8. The monoisotopic (exact) mass is 345 g/mol. The van der Waals surface area contributed by atoms with Crippen molar-refractivity contribution in [3.63, 3.8) is 0 Å². The lowest BCUT2D eigenvalue weighted by Crippen LogP contribution is -2.19. The molecule has 0 spiro atoms. The van der Waals surface area contributed by atoms with E-state index in [4.69, 9.17) is 4.74 Å². The largest absolute Gasteiger partial charge is 0.497 e. The fourth-order valence-corrected chi connectivity index (χ4v) is 3.59. The van der Waals surface area contributed by atoms with E-state index in [-0.39, 0.29) is 0 Å². The summed E-state index contributed by atoms with van der Waals surface area (Å²) >= 11 is 3.62. The molecule has 2 aromatic rings. The molecular weight excluding hydrogens is 326 g/mol. The molecule has 0 saturated carbocycles. The third-order valence-corrected chi connectivity index (χ3v) is 4.62. The van der Waals surface area contributed by atoms with Crippen molar-refractivity contribution in [1.29, 1.82) is 0 Å². The van der Waals surface area contributed by atoms with Crippen molar-refractivity contribution in [2.45, 2.75) is 32.2 Å². The van der Waals surface area contributed by atoms with Crippen molar-refractivity contribution in [3.05, 3.63) is 57.6 Å². The zero-order valence-corrected chi connectivity index (χ0v) is 14.0. The van der Waals surface area contributed by atoms with E-state index < -0.39 is 0 Å². The SMILES string of the molecule is CCc1cc(Br)cc2c1NC(c1cccc(OC)c1)CC2. The van der Waals surface area contributed by atoms with Crippen molar-refractivity contribution in [2.24, 2.45) is 0 Å². The van der Waals surface area contributed by atoms with Gasteiger partial charge in [0.15, 0.2) is 0 Å². The molecule has 2 nitrogen and oxygen atoms in total. The summed E-state index contributed by atoms with van der Waals surface area (Å²) < 4.78 is 6.52. The Morgan fingerprint density at radius 3 is 2.90 bits per heavy atom. The molecule has 0 saturated heterocycles.